The van der Waals surface area contributed by atoms with Crippen molar-refractivity contribution in [3.05, 3.63) is 150 Å². The summed E-state index contributed by atoms with van der Waals surface area (Å²) >= 11 is 1.92. The SMILES string of the molecule is C/C=C/c1ccc2c(c1)c1c3sc4ccccc4c3c3ccccc3c1n2/C1=N/c2ccccc2/C(c2ccc(C(C)(C)C)cc2)=C\CC1. The van der Waals surface area contributed by atoms with Gasteiger partial charge in [0.15, 0.2) is 0 Å². The molecule has 0 N–H and O–H groups in total. The lowest BCUT2D eigenvalue weighted by atomic mass is 9.85. The maximum Gasteiger partial charge on any atom is 0.114 e. The summed E-state index contributed by atoms with van der Waals surface area (Å²) in [6.07, 6.45) is 8.48. The van der Waals surface area contributed by atoms with Crippen molar-refractivity contribution in [2.45, 2.75) is 46.0 Å². The molecule has 0 radical (unpaired) electrons. The second-order valence-electron chi connectivity index (χ2n) is 14.2. The fourth-order valence-electron chi connectivity index (χ4n) is 7.79. The van der Waals surface area contributed by atoms with Crippen molar-refractivity contribution in [3.63, 3.8) is 0 Å². The van der Waals surface area contributed by atoms with Gasteiger partial charge in [0.1, 0.15) is 5.84 Å². The molecule has 0 fully saturated rings. The highest BCUT2D eigenvalue weighted by Gasteiger charge is 2.24. The van der Waals surface area contributed by atoms with Crippen LogP contribution in [0.3, 0.4) is 0 Å². The number of aliphatic imine (C=N–C) groups is 1. The van der Waals surface area contributed by atoms with Crippen molar-refractivity contribution in [1.82, 2.24) is 4.57 Å². The predicted molar refractivity (Wildman–Crippen MR) is 215 cm³/mol. The minimum atomic E-state index is 0.117. The Balaban J connectivity index is 1.34. The molecular formula is C46H38N2S. The van der Waals surface area contributed by atoms with Crippen LogP contribution in [0.4, 0.5) is 5.69 Å². The van der Waals surface area contributed by atoms with E-state index in [9.17, 15) is 0 Å². The summed E-state index contributed by atoms with van der Waals surface area (Å²) in [5, 5.41) is 7.86. The van der Waals surface area contributed by atoms with Crippen molar-refractivity contribution < 1.29 is 0 Å². The van der Waals surface area contributed by atoms with E-state index in [0.717, 1.165) is 24.4 Å². The molecular weight excluding hydrogens is 613 g/mol. The number of aromatic nitrogens is 1. The zero-order valence-corrected chi connectivity index (χ0v) is 29.2. The first-order valence-corrected chi connectivity index (χ1v) is 18.1. The van der Waals surface area contributed by atoms with Gasteiger partial charge in [-0.3, -0.25) is 4.57 Å². The Morgan fingerprint density at radius 3 is 2.27 bits per heavy atom. The molecule has 0 spiro atoms. The summed E-state index contributed by atoms with van der Waals surface area (Å²) in [5.74, 6) is 1.08. The number of allylic oxidation sites excluding steroid dienone is 2. The Morgan fingerprint density at radius 2 is 1.47 bits per heavy atom. The molecule has 0 unspecified atom stereocenters. The molecule has 3 heteroatoms. The molecule has 49 heavy (non-hydrogen) atoms. The van der Waals surface area contributed by atoms with Crippen LogP contribution in [0.25, 0.3) is 64.4 Å². The first-order chi connectivity index (χ1) is 23.9. The van der Waals surface area contributed by atoms with Crippen molar-refractivity contribution in [2.24, 2.45) is 4.99 Å². The maximum absolute atomic E-state index is 5.59. The van der Waals surface area contributed by atoms with Crippen LogP contribution >= 0.6 is 11.3 Å². The lowest BCUT2D eigenvalue weighted by Crippen LogP contribution is -2.13. The number of fused-ring (bicyclic) bond motifs is 11. The lowest BCUT2D eigenvalue weighted by molar-refractivity contribution is 0.590. The first kappa shape index (κ1) is 29.9. The molecule has 2 nitrogen and oxygen atoms in total. The summed E-state index contributed by atoms with van der Waals surface area (Å²) in [7, 11) is 0. The molecule has 0 atom stereocenters. The minimum absolute atomic E-state index is 0.117. The molecule has 0 saturated carbocycles. The monoisotopic (exact) mass is 650 g/mol. The average Bonchev–Trinajstić information content (AvgIpc) is 3.65. The third-order valence-electron chi connectivity index (χ3n) is 10.1. The van der Waals surface area contributed by atoms with Crippen LogP contribution in [-0.2, 0) is 5.41 Å². The number of para-hydroxylation sites is 1. The highest BCUT2D eigenvalue weighted by atomic mass is 32.1. The molecule has 6 aromatic carbocycles. The largest absolute Gasteiger partial charge is 0.297 e. The smallest absolute Gasteiger partial charge is 0.114 e. The molecule has 0 amide bonds. The summed E-state index contributed by atoms with van der Waals surface area (Å²) in [5.41, 5.74) is 9.82. The standard InChI is InChI=1S/C46H38N2S/c1-5-13-29-22-27-39-37(28-29)43-44(35-16-7-6-15-34(35)42-36-17-9-11-20-40(36)49-45(42)43)48(39)41-21-12-18-32(33-14-8-10-19-38(33)47-41)30-23-25-31(26-24-30)46(2,3)4/h5-11,13-20,22-28H,12,21H2,1-4H3/b13-5+,32-18-,47-41+. The molecule has 3 heterocycles. The second-order valence-corrected chi connectivity index (χ2v) is 15.3. The van der Waals surface area contributed by atoms with Gasteiger partial charge in [0.05, 0.1) is 16.7 Å². The second kappa shape index (κ2) is 11.4. The van der Waals surface area contributed by atoms with Crippen LogP contribution in [0.2, 0.25) is 0 Å². The summed E-state index contributed by atoms with van der Waals surface area (Å²) in [6.45, 7) is 8.90. The van der Waals surface area contributed by atoms with E-state index in [2.05, 4.69) is 166 Å². The third kappa shape index (κ3) is 4.79. The summed E-state index contributed by atoms with van der Waals surface area (Å²) in [6, 6.07) is 42.6. The molecule has 0 saturated heterocycles. The van der Waals surface area contributed by atoms with E-state index in [1.807, 2.05) is 11.3 Å². The van der Waals surface area contributed by atoms with Crippen LogP contribution in [0.1, 0.15) is 62.8 Å². The van der Waals surface area contributed by atoms with E-state index >= 15 is 0 Å². The number of thiophene rings is 1. The fraction of sp³-hybridized carbons (Fsp3) is 0.152. The fourth-order valence-corrected chi connectivity index (χ4v) is 9.07. The maximum atomic E-state index is 5.59. The van der Waals surface area contributed by atoms with Crippen LogP contribution in [0.15, 0.2) is 132 Å². The summed E-state index contributed by atoms with van der Waals surface area (Å²) < 4.78 is 5.17. The van der Waals surface area contributed by atoms with E-state index in [-0.39, 0.29) is 5.41 Å². The Labute approximate surface area is 291 Å². The van der Waals surface area contributed by atoms with Gasteiger partial charge in [0.2, 0.25) is 0 Å². The van der Waals surface area contributed by atoms with Crippen LogP contribution in [0, 0.1) is 0 Å². The topological polar surface area (TPSA) is 17.3 Å². The number of hydrogen-bond acceptors (Lipinski definition) is 2. The van der Waals surface area contributed by atoms with E-state index < -0.39 is 0 Å². The molecule has 1 aliphatic rings. The third-order valence-corrected chi connectivity index (χ3v) is 11.3. The van der Waals surface area contributed by atoms with Crippen LogP contribution < -0.4 is 0 Å². The van der Waals surface area contributed by atoms with E-state index in [1.165, 1.54) is 80.6 Å². The van der Waals surface area contributed by atoms with Crippen LogP contribution in [-0.4, -0.2) is 10.4 Å². The number of rotatable bonds is 2. The Kier molecular flexibility index (Phi) is 6.96. The van der Waals surface area contributed by atoms with Gasteiger partial charge < -0.3 is 0 Å². The van der Waals surface area contributed by atoms with Gasteiger partial charge in [-0.05, 0) is 70.7 Å². The van der Waals surface area contributed by atoms with Gasteiger partial charge in [-0.15, -0.1) is 11.3 Å². The van der Waals surface area contributed by atoms with Crippen LogP contribution in [0.5, 0.6) is 0 Å². The van der Waals surface area contributed by atoms with Gasteiger partial charge in [0.25, 0.3) is 0 Å². The zero-order chi connectivity index (χ0) is 33.3. The average molecular weight is 651 g/mol. The number of benzene rings is 6. The molecule has 8 aromatic rings. The Hall–Kier alpha value is -5.25. The highest BCUT2D eigenvalue weighted by Crippen LogP contribution is 2.48. The minimum Gasteiger partial charge on any atom is -0.297 e. The molecule has 1 aliphatic heterocycles. The Morgan fingerprint density at radius 1 is 0.735 bits per heavy atom. The van der Waals surface area contributed by atoms with Crippen molar-refractivity contribution in [3.8, 4) is 0 Å². The predicted octanol–water partition coefficient (Wildman–Crippen LogP) is 13.4. The molecule has 238 valence electrons. The normalized spacial score (nSPS) is 16.2. The highest BCUT2D eigenvalue weighted by molar-refractivity contribution is 7.27. The van der Waals surface area contributed by atoms with E-state index in [4.69, 9.17) is 4.99 Å². The molecule has 9 rings (SSSR count). The van der Waals surface area contributed by atoms with Crippen molar-refractivity contribution in [1.29, 1.82) is 0 Å². The van der Waals surface area contributed by atoms with E-state index in [1.54, 1.807) is 0 Å². The van der Waals surface area contributed by atoms with Crippen molar-refractivity contribution >= 4 is 87.3 Å². The number of nitrogens with zero attached hydrogens (tertiary/aromatic N) is 2. The molecule has 2 aromatic heterocycles. The molecule has 0 aliphatic carbocycles. The lowest BCUT2D eigenvalue weighted by Gasteiger charge is -2.21. The van der Waals surface area contributed by atoms with E-state index in [0.29, 0.717) is 0 Å². The van der Waals surface area contributed by atoms with Gasteiger partial charge in [-0.25, -0.2) is 4.99 Å². The quantitative estimate of drug-likeness (QED) is 0.177. The van der Waals surface area contributed by atoms with Gasteiger partial charge in [-0.2, -0.15) is 0 Å². The van der Waals surface area contributed by atoms with Gasteiger partial charge >= 0.3 is 0 Å². The van der Waals surface area contributed by atoms with Gasteiger partial charge in [0, 0.05) is 48.3 Å². The molecule has 0 bridgehead atoms. The zero-order valence-electron chi connectivity index (χ0n) is 28.4. The van der Waals surface area contributed by atoms with Crippen molar-refractivity contribution in [2.75, 3.05) is 0 Å². The summed E-state index contributed by atoms with van der Waals surface area (Å²) in [4.78, 5) is 5.59. The first-order valence-electron chi connectivity index (χ1n) is 17.3. The number of hydrogen-bond donors (Lipinski definition) is 0. The Bertz CT molecular complexity index is 2690. The van der Waals surface area contributed by atoms with Gasteiger partial charge in [-0.1, -0.05) is 130 Å².